The number of hydrogen-bond acceptors (Lipinski definition) is 3. The molecule has 7 heteroatoms. The zero-order valence-corrected chi connectivity index (χ0v) is 13.5. The molecule has 0 saturated heterocycles. The van der Waals surface area contributed by atoms with Crippen molar-refractivity contribution in [2.45, 2.75) is 44.0 Å². The molecule has 1 aliphatic carbocycles. The Bertz CT molecular complexity index is 625. The number of rotatable bonds is 6. The van der Waals surface area contributed by atoms with E-state index in [1.54, 1.807) is 0 Å². The van der Waals surface area contributed by atoms with Crippen molar-refractivity contribution in [1.82, 2.24) is 4.72 Å². The van der Waals surface area contributed by atoms with Crippen molar-refractivity contribution >= 4 is 21.6 Å². The number of sulfonamides is 1. The van der Waals surface area contributed by atoms with Crippen LogP contribution in [0.3, 0.4) is 0 Å². The zero-order chi connectivity index (χ0) is 15.7. The van der Waals surface area contributed by atoms with Gasteiger partial charge in [0.25, 0.3) is 0 Å². The van der Waals surface area contributed by atoms with Gasteiger partial charge in [-0.2, -0.15) is 0 Å². The van der Waals surface area contributed by atoms with Crippen LogP contribution in [0.5, 0.6) is 0 Å². The monoisotopic (exact) mass is 334 g/mol. The van der Waals surface area contributed by atoms with E-state index in [1.165, 1.54) is 6.07 Å². The summed E-state index contributed by atoms with van der Waals surface area (Å²) in [5.41, 5.74) is 5.52. The van der Waals surface area contributed by atoms with Crippen molar-refractivity contribution < 1.29 is 12.8 Å². The molecule has 0 aromatic heterocycles. The molecule has 0 bridgehead atoms. The van der Waals surface area contributed by atoms with Crippen LogP contribution in [-0.2, 0) is 16.6 Å². The molecule has 0 amide bonds. The second-order valence-electron chi connectivity index (χ2n) is 5.61. The molecule has 0 unspecified atom stereocenters. The first-order valence-electron chi connectivity index (χ1n) is 7.01. The van der Waals surface area contributed by atoms with Gasteiger partial charge in [-0.1, -0.05) is 24.9 Å². The Labute approximate surface area is 129 Å². The van der Waals surface area contributed by atoms with Crippen LogP contribution in [0.4, 0.5) is 4.39 Å². The maximum absolute atomic E-state index is 14.2. The lowest BCUT2D eigenvalue weighted by Gasteiger charge is -2.41. The number of nitrogens with two attached hydrogens (primary N) is 1. The Kier molecular flexibility index (Phi) is 4.92. The summed E-state index contributed by atoms with van der Waals surface area (Å²) in [5, 5.41) is 0.158. The summed E-state index contributed by atoms with van der Waals surface area (Å²) >= 11 is 5.85. The lowest BCUT2D eigenvalue weighted by Crippen LogP contribution is -2.41. The second kappa shape index (κ2) is 6.20. The van der Waals surface area contributed by atoms with E-state index in [2.05, 4.69) is 4.72 Å². The quantitative estimate of drug-likeness (QED) is 0.840. The number of benzene rings is 1. The topological polar surface area (TPSA) is 72.2 Å². The molecule has 0 atom stereocenters. The van der Waals surface area contributed by atoms with Crippen LogP contribution in [-0.4, -0.2) is 15.0 Å². The largest absolute Gasteiger partial charge is 0.326 e. The number of nitrogens with one attached hydrogen (secondary N) is 1. The summed E-state index contributed by atoms with van der Waals surface area (Å²) in [6.45, 7) is 2.27. The molecule has 1 aromatic rings. The molecule has 2 rings (SSSR count). The molecule has 1 aromatic carbocycles. The van der Waals surface area contributed by atoms with Gasteiger partial charge in [0.2, 0.25) is 10.0 Å². The van der Waals surface area contributed by atoms with E-state index >= 15 is 0 Å². The second-order valence-corrected chi connectivity index (χ2v) is 7.78. The van der Waals surface area contributed by atoms with Crippen LogP contribution in [0.2, 0.25) is 5.02 Å². The Morgan fingerprint density at radius 2 is 2.10 bits per heavy atom. The minimum absolute atomic E-state index is 0.0127. The third-order valence-electron chi connectivity index (χ3n) is 4.39. The molecule has 0 heterocycles. The van der Waals surface area contributed by atoms with Gasteiger partial charge < -0.3 is 5.73 Å². The maximum Gasteiger partial charge on any atom is 0.243 e. The molecule has 1 fully saturated rings. The van der Waals surface area contributed by atoms with Crippen molar-refractivity contribution in [2.75, 3.05) is 6.54 Å². The van der Waals surface area contributed by atoms with Crippen LogP contribution in [0.1, 0.15) is 38.2 Å². The van der Waals surface area contributed by atoms with Crippen molar-refractivity contribution in [1.29, 1.82) is 0 Å². The first kappa shape index (κ1) is 16.7. The Morgan fingerprint density at radius 3 is 2.57 bits per heavy atom. The van der Waals surface area contributed by atoms with Gasteiger partial charge in [0, 0.05) is 23.7 Å². The van der Waals surface area contributed by atoms with Gasteiger partial charge in [-0.3, -0.25) is 0 Å². The highest BCUT2D eigenvalue weighted by Gasteiger charge is 2.36. The SMILES string of the molecule is CCC1(CNS(=O)(=O)c2cc(Cl)cc(CN)c2F)CCC1. The van der Waals surface area contributed by atoms with E-state index in [0.29, 0.717) is 6.54 Å². The molecule has 0 aliphatic heterocycles. The van der Waals surface area contributed by atoms with Crippen LogP contribution in [0, 0.1) is 11.2 Å². The summed E-state index contributed by atoms with van der Waals surface area (Å²) in [4.78, 5) is -0.430. The summed E-state index contributed by atoms with van der Waals surface area (Å²) in [6, 6.07) is 2.47. The average molecular weight is 335 g/mol. The summed E-state index contributed by atoms with van der Waals surface area (Å²) < 4.78 is 41.4. The molecule has 1 aliphatic rings. The van der Waals surface area contributed by atoms with Crippen molar-refractivity contribution in [3.8, 4) is 0 Å². The number of halogens is 2. The van der Waals surface area contributed by atoms with E-state index in [9.17, 15) is 12.8 Å². The molecular weight excluding hydrogens is 315 g/mol. The highest BCUT2D eigenvalue weighted by molar-refractivity contribution is 7.89. The fourth-order valence-corrected chi connectivity index (χ4v) is 4.23. The number of hydrogen-bond donors (Lipinski definition) is 2. The average Bonchev–Trinajstić information content (AvgIpc) is 2.40. The highest BCUT2D eigenvalue weighted by atomic mass is 35.5. The summed E-state index contributed by atoms with van der Waals surface area (Å²) in [5.74, 6) is -0.825. The first-order valence-corrected chi connectivity index (χ1v) is 8.87. The Balaban J connectivity index is 2.25. The molecule has 0 radical (unpaired) electrons. The van der Waals surface area contributed by atoms with Gasteiger partial charge in [-0.15, -0.1) is 0 Å². The van der Waals surface area contributed by atoms with E-state index < -0.39 is 20.7 Å². The van der Waals surface area contributed by atoms with Gasteiger partial charge >= 0.3 is 0 Å². The standard InChI is InChI=1S/C14H20ClFN2O2S/c1-2-14(4-3-5-14)9-18-21(19,20)12-7-11(15)6-10(8-17)13(12)16/h6-7,18H,2-5,8-9,17H2,1H3. The molecule has 4 nitrogen and oxygen atoms in total. The van der Waals surface area contributed by atoms with Crippen LogP contribution in [0.25, 0.3) is 0 Å². The highest BCUT2D eigenvalue weighted by Crippen LogP contribution is 2.43. The summed E-state index contributed by atoms with van der Waals surface area (Å²) in [6.07, 6.45) is 4.01. The third kappa shape index (κ3) is 3.39. The Morgan fingerprint density at radius 1 is 1.43 bits per heavy atom. The smallest absolute Gasteiger partial charge is 0.243 e. The molecule has 0 spiro atoms. The third-order valence-corrected chi connectivity index (χ3v) is 6.01. The lowest BCUT2D eigenvalue weighted by molar-refractivity contribution is 0.133. The molecule has 1 saturated carbocycles. The molecule has 21 heavy (non-hydrogen) atoms. The molecule has 118 valence electrons. The fraction of sp³-hybridized carbons (Fsp3) is 0.571. The first-order chi connectivity index (χ1) is 9.83. The maximum atomic E-state index is 14.2. The predicted molar refractivity (Wildman–Crippen MR) is 81.1 cm³/mol. The van der Waals surface area contributed by atoms with Crippen molar-refractivity contribution in [3.05, 3.63) is 28.5 Å². The van der Waals surface area contributed by atoms with Gasteiger partial charge in [0.05, 0.1) is 0 Å². The van der Waals surface area contributed by atoms with E-state index in [1.807, 2.05) is 6.92 Å². The van der Waals surface area contributed by atoms with Crippen LogP contribution < -0.4 is 10.5 Å². The van der Waals surface area contributed by atoms with Gasteiger partial charge in [-0.25, -0.2) is 17.5 Å². The molecule has 3 N–H and O–H groups in total. The molecular formula is C14H20ClFN2O2S. The zero-order valence-electron chi connectivity index (χ0n) is 12.0. The summed E-state index contributed by atoms with van der Waals surface area (Å²) in [7, 11) is -3.93. The minimum Gasteiger partial charge on any atom is -0.326 e. The van der Waals surface area contributed by atoms with E-state index in [-0.39, 0.29) is 22.5 Å². The van der Waals surface area contributed by atoms with Gasteiger partial charge in [0.15, 0.2) is 0 Å². The van der Waals surface area contributed by atoms with Crippen molar-refractivity contribution in [3.63, 3.8) is 0 Å². The van der Waals surface area contributed by atoms with E-state index in [4.69, 9.17) is 17.3 Å². The van der Waals surface area contributed by atoms with Crippen LogP contribution >= 0.6 is 11.6 Å². The fourth-order valence-electron chi connectivity index (χ4n) is 2.62. The lowest BCUT2D eigenvalue weighted by atomic mass is 9.67. The predicted octanol–water partition coefficient (Wildman–Crippen LogP) is 2.80. The Hall–Kier alpha value is -0.690. The normalized spacial score (nSPS) is 17.5. The minimum atomic E-state index is -3.93. The van der Waals surface area contributed by atoms with Gasteiger partial charge in [-0.05, 0) is 36.8 Å². The van der Waals surface area contributed by atoms with Crippen LogP contribution in [0.15, 0.2) is 17.0 Å². The van der Waals surface area contributed by atoms with Crippen molar-refractivity contribution in [2.24, 2.45) is 11.1 Å². The van der Waals surface area contributed by atoms with Gasteiger partial charge in [0.1, 0.15) is 10.7 Å². The van der Waals surface area contributed by atoms with E-state index in [0.717, 1.165) is 31.7 Å².